The van der Waals surface area contributed by atoms with Gasteiger partial charge in [-0.25, -0.2) is 9.97 Å². The number of benzene rings is 1. The van der Waals surface area contributed by atoms with Crippen LogP contribution in [-0.4, -0.2) is 32.7 Å². The molecule has 0 saturated heterocycles. The van der Waals surface area contributed by atoms with Crippen LogP contribution in [0.25, 0.3) is 17.5 Å². The summed E-state index contributed by atoms with van der Waals surface area (Å²) in [6.07, 6.45) is 7.74. The van der Waals surface area contributed by atoms with Crippen LogP contribution in [0.2, 0.25) is 0 Å². The Balaban J connectivity index is 0.00000160. The molecule has 2 N–H and O–H groups in total. The lowest BCUT2D eigenvalue weighted by Gasteiger charge is -2.08. The summed E-state index contributed by atoms with van der Waals surface area (Å²) in [4.78, 5) is 20.1. The van der Waals surface area contributed by atoms with Gasteiger partial charge in [0, 0.05) is 44.8 Å². The van der Waals surface area contributed by atoms with Crippen molar-refractivity contribution in [2.75, 3.05) is 11.9 Å². The van der Waals surface area contributed by atoms with Gasteiger partial charge in [0.1, 0.15) is 12.4 Å². The quantitative estimate of drug-likeness (QED) is 0.585. The normalized spacial score (nSPS) is 13.6. The molecule has 3 aromatic rings. The molecule has 0 spiro atoms. The van der Waals surface area contributed by atoms with Gasteiger partial charge in [-0.3, -0.25) is 9.89 Å². The zero-order chi connectivity index (χ0) is 19.3. The second-order valence-corrected chi connectivity index (χ2v) is 6.68. The van der Waals surface area contributed by atoms with E-state index in [4.69, 9.17) is 4.74 Å². The molecule has 0 aliphatic heterocycles. The number of carbonyl (C=O) groups excluding carboxylic acids is 1. The Kier molecular flexibility index (Phi) is 5.14. The predicted octanol–water partition coefficient (Wildman–Crippen LogP) is 4.56. The van der Waals surface area contributed by atoms with Gasteiger partial charge in [-0.1, -0.05) is 36.4 Å². The fourth-order valence-corrected chi connectivity index (χ4v) is 2.81. The molecule has 1 aliphatic rings. The van der Waals surface area contributed by atoms with Gasteiger partial charge in [0.05, 0.1) is 0 Å². The van der Waals surface area contributed by atoms with E-state index in [0.717, 1.165) is 16.8 Å². The molecule has 2 aromatic heterocycles. The van der Waals surface area contributed by atoms with Crippen LogP contribution < -0.4 is 5.32 Å². The summed E-state index contributed by atoms with van der Waals surface area (Å²) in [6.45, 7) is 1.58. The van der Waals surface area contributed by atoms with Gasteiger partial charge in [-0.15, -0.1) is 0 Å². The lowest BCUT2D eigenvalue weighted by atomic mass is 10.2. The van der Waals surface area contributed by atoms with Gasteiger partial charge in [-0.05, 0) is 18.9 Å². The minimum Gasteiger partial charge on any atom is -0.462 e. The van der Waals surface area contributed by atoms with Crippen molar-refractivity contribution in [3.8, 4) is 11.4 Å². The molecule has 1 fully saturated rings. The lowest BCUT2D eigenvalue weighted by molar-refractivity contribution is -0.139. The van der Waals surface area contributed by atoms with Crippen LogP contribution in [0, 0.1) is 0 Å². The minimum atomic E-state index is -0.317. The molecule has 4 rings (SSSR count). The zero-order valence-corrected chi connectivity index (χ0v) is 15.6. The van der Waals surface area contributed by atoms with Gasteiger partial charge in [-0.2, -0.15) is 5.10 Å². The van der Waals surface area contributed by atoms with Crippen molar-refractivity contribution < 1.29 is 12.4 Å². The van der Waals surface area contributed by atoms with Crippen LogP contribution in [0.3, 0.4) is 0 Å². The highest BCUT2D eigenvalue weighted by atomic mass is 16.5. The third-order valence-electron chi connectivity index (χ3n) is 4.39. The Morgan fingerprint density at radius 1 is 1.36 bits per heavy atom. The predicted molar refractivity (Wildman–Crippen MR) is 111 cm³/mol. The second kappa shape index (κ2) is 8.04. The highest BCUT2D eigenvalue weighted by Gasteiger charge is 2.25. The summed E-state index contributed by atoms with van der Waals surface area (Å²) in [7, 11) is 0. The molecule has 146 valence electrons. The summed E-state index contributed by atoms with van der Waals surface area (Å²) >= 11 is 0. The van der Waals surface area contributed by atoms with Crippen LogP contribution >= 0.6 is 0 Å². The molecule has 28 heavy (non-hydrogen) atoms. The monoisotopic (exact) mass is 379 g/mol. The number of nitrogens with one attached hydrogen (secondary N) is 2. The van der Waals surface area contributed by atoms with Crippen molar-refractivity contribution in [3.63, 3.8) is 0 Å². The third kappa shape index (κ3) is 4.43. The third-order valence-corrected chi connectivity index (χ3v) is 4.39. The van der Waals surface area contributed by atoms with E-state index in [9.17, 15) is 4.79 Å². The van der Waals surface area contributed by atoms with Gasteiger partial charge < -0.3 is 10.1 Å². The molecule has 0 atom stereocenters. The zero-order valence-electron chi connectivity index (χ0n) is 15.6. The Labute approximate surface area is 165 Å². The molecule has 1 aliphatic carbocycles. The van der Waals surface area contributed by atoms with E-state index < -0.39 is 0 Å². The average Bonchev–Trinajstić information content (AvgIpc) is 3.46. The first-order valence-electron chi connectivity index (χ1n) is 9.24. The molecule has 7 nitrogen and oxygen atoms in total. The largest absolute Gasteiger partial charge is 0.462 e. The van der Waals surface area contributed by atoms with Crippen LogP contribution in [0.4, 0.5) is 11.6 Å². The van der Waals surface area contributed by atoms with Crippen molar-refractivity contribution in [2.45, 2.75) is 25.7 Å². The molecule has 0 radical (unpaired) electrons. The minimum absolute atomic E-state index is 0. The number of hydrogen-bond acceptors (Lipinski definition) is 6. The maximum absolute atomic E-state index is 10.9. The Bertz CT molecular complexity index is 1000. The Hall–Kier alpha value is -3.48. The van der Waals surface area contributed by atoms with E-state index in [2.05, 4.69) is 25.5 Å². The molecule has 0 unspecified atom stereocenters. The first kappa shape index (κ1) is 17.9. The molecular formula is C21H25N5O2. The fraction of sp³-hybridized carbons (Fsp3) is 0.238. The summed E-state index contributed by atoms with van der Waals surface area (Å²) in [5.41, 5.74) is 2.86. The van der Waals surface area contributed by atoms with Gasteiger partial charge >= 0.3 is 5.97 Å². The summed E-state index contributed by atoms with van der Waals surface area (Å²) in [5.74, 6) is 2.26. The highest BCUT2D eigenvalue weighted by molar-refractivity contribution is 5.70. The number of hydrogen-bond donors (Lipinski definition) is 2. The smallest absolute Gasteiger partial charge is 0.302 e. The van der Waals surface area contributed by atoms with E-state index in [1.165, 1.54) is 19.8 Å². The van der Waals surface area contributed by atoms with Crippen molar-refractivity contribution >= 4 is 23.7 Å². The average molecular weight is 379 g/mol. The molecule has 0 amide bonds. The van der Waals surface area contributed by atoms with Crippen LogP contribution in [-0.2, 0) is 9.53 Å². The molecule has 7 heteroatoms. The summed E-state index contributed by atoms with van der Waals surface area (Å²) < 4.78 is 4.95. The number of anilines is 2. The number of aromatic amines is 1. The first-order valence-corrected chi connectivity index (χ1v) is 9.24. The van der Waals surface area contributed by atoms with Crippen molar-refractivity contribution in [1.82, 2.24) is 20.2 Å². The van der Waals surface area contributed by atoms with E-state index >= 15 is 0 Å². The maximum Gasteiger partial charge on any atom is 0.302 e. The number of ether oxygens (including phenoxy) is 1. The van der Waals surface area contributed by atoms with E-state index in [0.29, 0.717) is 23.4 Å². The van der Waals surface area contributed by atoms with Gasteiger partial charge in [0.25, 0.3) is 0 Å². The first-order chi connectivity index (χ1) is 13.7. The topological polar surface area (TPSA) is 92.8 Å². The molecule has 1 saturated carbocycles. The summed E-state index contributed by atoms with van der Waals surface area (Å²) in [5, 5.41) is 10.7. The van der Waals surface area contributed by atoms with Crippen molar-refractivity contribution in [3.05, 3.63) is 59.9 Å². The van der Waals surface area contributed by atoms with E-state index in [1.54, 1.807) is 12.3 Å². The van der Waals surface area contributed by atoms with Crippen molar-refractivity contribution in [2.24, 2.45) is 0 Å². The number of esters is 1. The van der Waals surface area contributed by atoms with Gasteiger partial charge in [0.2, 0.25) is 0 Å². The Morgan fingerprint density at radius 3 is 2.93 bits per heavy atom. The molecule has 0 bridgehead atoms. The molecule has 2 heterocycles. The summed E-state index contributed by atoms with van der Waals surface area (Å²) in [6, 6.07) is 11.8. The fourth-order valence-electron chi connectivity index (χ4n) is 2.81. The number of H-pyrrole nitrogens is 1. The maximum atomic E-state index is 10.9. The lowest BCUT2D eigenvalue weighted by Crippen LogP contribution is -2.01. The second-order valence-electron chi connectivity index (χ2n) is 6.68. The number of carbonyl (C=O) groups is 1. The number of nitrogens with zero attached hydrogens (tertiary/aromatic N) is 3. The number of rotatable bonds is 7. The standard InChI is InChI=1S/C21H21N5O2.2H2/c1-14(27)28-11-5-8-17-13-22-20(16-6-3-2-4-7-16)24-21(17)23-19-12-18(25-26-19)15-9-10-15;;/h2-8,12-13,15H,9-11H2,1H3,(H2,22,23,24,25,26);2*1H/b8-5+;;. The van der Waals surface area contributed by atoms with E-state index in [-0.39, 0.29) is 15.4 Å². The van der Waals surface area contributed by atoms with Crippen LogP contribution in [0.5, 0.6) is 0 Å². The van der Waals surface area contributed by atoms with Crippen LogP contribution in [0.15, 0.2) is 48.7 Å². The van der Waals surface area contributed by atoms with Crippen LogP contribution in [0.1, 0.15) is 39.8 Å². The number of aromatic nitrogens is 4. The van der Waals surface area contributed by atoms with E-state index in [1.807, 2.05) is 42.5 Å². The highest BCUT2D eigenvalue weighted by Crippen LogP contribution is 2.39. The van der Waals surface area contributed by atoms with Gasteiger partial charge in [0.15, 0.2) is 11.6 Å². The van der Waals surface area contributed by atoms with Crippen molar-refractivity contribution in [1.29, 1.82) is 0 Å². The SMILES string of the molecule is CC(=O)OC/C=C/c1cnc(-c2ccccc2)nc1Nc1cc(C2CC2)[nH]n1.[HH].[HH]. The molecule has 1 aromatic carbocycles. The Morgan fingerprint density at radius 2 is 2.18 bits per heavy atom. The molecular weight excluding hydrogens is 354 g/mol.